The number of benzene rings is 1. The molecule has 2 atom stereocenters. The zero-order chi connectivity index (χ0) is 14.0. The first-order valence-corrected chi connectivity index (χ1v) is 8.19. The van der Waals surface area contributed by atoms with Crippen LogP contribution in [0.1, 0.15) is 63.9 Å². The Balaban J connectivity index is 1.75. The molecular formula is C18H26O2. The zero-order valence-corrected chi connectivity index (χ0v) is 12.5. The molecule has 0 heterocycles. The largest absolute Gasteiger partial charge is 0.490 e. The van der Waals surface area contributed by atoms with Gasteiger partial charge in [-0.3, -0.25) is 0 Å². The van der Waals surface area contributed by atoms with E-state index in [1.54, 1.807) is 0 Å². The van der Waals surface area contributed by atoms with Crippen LogP contribution in [0.15, 0.2) is 24.3 Å². The molecule has 2 fully saturated rings. The summed E-state index contributed by atoms with van der Waals surface area (Å²) in [4.78, 5) is 0. The van der Waals surface area contributed by atoms with Crippen LogP contribution in [0.3, 0.4) is 0 Å². The first-order chi connectivity index (χ1) is 9.69. The summed E-state index contributed by atoms with van der Waals surface area (Å²) in [6.07, 6.45) is 9.30. The molecule has 110 valence electrons. The second-order valence-corrected chi connectivity index (χ2v) is 6.58. The second kappa shape index (κ2) is 5.77. The van der Waals surface area contributed by atoms with Gasteiger partial charge in [0.1, 0.15) is 5.75 Å². The lowest BCUT2D eigenvalue weighted by atomic mass is 9.86. The number of rotatable bonds is 4. The molecule has 1 N–H and O–H groups in total. The van der Waals surface area contributed by atoms with Crippen LogP contribution in [0.2, 0.25) is 0 Å². The third-order valence-corrected chi connectivity index (χ3v) is 4.94. The van der Waals surface area contributed by atoms with Gasteiger partial charge in [-0.15, -0.1) is 0 Å². The van der Waals surface area contributed by atoms with E-state index in [0.717, 1.165) is 42.9 Å². The minimum absolute atomic E-state index is 0.415. The molecule has 2 nitrogen and oxygen atoms in total. The van der Waals surface area contributed by atoms with Crippen LogP contribution in [-0.4, -0.2) is 11.2 Å². The lowest BCUT2D eigenvalue weighted by molar-refractivity contribution is 0.0193. The normalized spacial score (nSPS) is 30.8. The van der Waals surface area contributed by atoms with Gasteiger partial charge in [0, 0.05) is 0 Å². The molecule has 0 saturated heterocycles. The van der Waals surface area contributed by atoms with E-state index in [9.17, 15) is 5.11 Å². The topological polar surface area (TPSA) is 29.5 Å². The molecule has 1 aromatic rings. The van der Waals surface area contributed by atoms with E-state index < -0.39 is 5.60 Å². The first kappa shape index (κ1) is 13.9. The Hall–Kier alpha value is -1.02. The summed E-state index contributed by atoms with van der Waals surface area (Å²) in [5.41, 5.74) is 0.403. The van der Waals surface area contributed by atoms with Crippen molar-refractivity contribution < 1.29 is 9.84 Å². The Labute approximate surface area is 122 Å². The third kappa shape index (κ3) is 3.17. The quantitative estimate of drug-likeness (QED) is 0.824. The number of hydrogen-bond donors (Lipinski definition) is 1. The molecule has 2 aliphatic carbocycles. The van der Waals surface area contributed by atoms with Crippen molar-refractivity contribution in [3.63, 3.8) is 0 Å². The Kier molecular flexibility index (Phi) is 4.02. The van der Waals surface area contributed by atoms with E-state index in [1.807, 2.05) is 12.1 Å². The van der Waals surface area contributed by atoms with E-state index in [1.165, 1.54) is 25.7 Å². The Morgan fingerprint density at radius 3 is 2.80 bits per heavy atom. The smallest absolute Gasteiger partial charge is 0.120 e. The van der Waals surface area contributed by atoms with Crippen molar-refractivity contribution in [1.29, 1.82) is 0 Å². The highest BCUT2D eigenvalue weighted by Crippen LogP contribution is 2.40. The van der Waals surface area contributed by atoms with Gasteiger partial charge in [-0.25, -0.2) is 0 Å². The van der Waals surface area contributed by atoms with E-state index in [0.29, 0.717) is 6.10 Å². The lowest BCUT2D eigenvalue weighted by Gasteiger charge is -2.28. The van der Waals surface area contributed by atoms with Crippen molar-refractivity contribution in [3.05, 3.63) is 29.8 Å². The Morgan fingerprint density at radius 2 is 2.05 bits per heavy atom. The molecule has 0 aliphatic heterocycles. The molecule has 0 amide bonds. The Bertz CT molecular complexity index is 452. The van der Waals surface area contributed by atoms with Crippen LogP contribution >= 0.6 is 0 Å². The fraction of sp³-hybridized carbons (Fsp3) is 0.667. The van der Waals surface area contributed by atoms with Gasteiger partial charge in [0.15, 0.2) is 0 Å². The van der Waals surface area contributed by atoms with Gasteiger partial charge >= 0.3 is 0 Å². The van der Waals surface area contributed by atoms with Gasteiger partial charge in [-0.1, -0.05) is 31.9 Å². The molecule has 2 saturated carbocycles. The van der Waals surface area contributed by atoms with Gasteiger partial charge in [-0.05, 0) is 62.1 Å². The van der Waals surface area contributed by atoms with Crippen molar-refractivity contribution in [3.8, 4) is 5.75 Å². The predicted molar refractivity (Wildman–Crippen MR) is 80.9 cm³/mol. The second-order valence-electron chi connectivity index (χ2n) is 6.58. The highest BCUT2D eigenvalue weighted by Gasteiger charge is 2.32. The maximum Gasteiger partial charge on any atom is 0.120 e. The van der Waals surface area contributed by atoms with E-state index in [-0.39, 0.29) is 0 Å². The molecule has 0 radical (unpaired) electrons. The third-order valence-electron chi connectivity index (χ3n) is 4.94. The summed E-state index contributed by atoms with van der Waals surface area (Å²) in [7, 11) is 0. The fourth-order valence-electron chi connectivity index (χ4n) is 3.33. The molecule has 0 bridgehead atoms. The van der Waals surface area contributed by atoms with Crippen molar-refractivity contribution in [1.82, 2.24) is 0 Å². The van der Waals surface area contributed by atoms with Crippen LogP contribution in [0, 0.1) is 5.92 Å². The Morgan fingerprint density at radius 1 is 1.20 bits per heavy atom. The fourth-order valence-corrected chi connectivity index (χ4v) is 3.33. The number of hydrogen-bond acceptors (Lipinski definition) is 2. The van der Waals surface area contributed by atoms with Crippen molar-refractivity contribution in [2.24, 2.45) is 5.92 Å². The monoisotopic (exact) mass is 274 g/mol. The van der Waals surface area contributed by atoms with Gasteiger partial charge in [0.05, 0.1) is 11.7 Å². The molecule has 2 unspecified atom stereocenters. The minimum Gasteiger partial charge on any atom is -0.490 e. The van der Waals surface area contributed by atoms with Gasteiger partial charge in [-0.2, -0.15) is 0 Å². The van der Waals surface area contributed by atoms with E-state index >= 15 is 0 Å². The molecule has 2 aliphatic rings. The summed E-state index contributed by atoms with van der Waals surface area (Å²) < 4.78 is 5.86. The molecule has 0 spiro atoms. The maximum absolute atomic E-state index is 11.1. The van der Waals surface area contributed by atoms with E-state index in [2.05, 4.69) is 19.1 Å². The minimum atomic E-state index is -0.646. The van der Waals surface area contributed by atoms with Crippen LogP contribution < -0.4 is 4.74 Å². The molecule has 20 heavy (non-hydrogen) atoms. The average Bonchev–Trinajstić information content (AvgIpc) is 3.27. The van der Waals surface area contributed by atoms with Gasteiger partial charge in [0.25, 0.3) is 0 Å². The SMILES string of the molecule is CCC1CCCC(O)(c2cccc(OC3CC3)c2)CC1. The van der Waals surface area contributed by atoms with Crippen LogP contribution in [-0.2, 0) is 5.60 Å². The zero-order valence-electron chi connectivity index (χ0n) is 12.5. The van der Waals surface area contributed by atoms with Crippen molar-refractivity contribution in [2.75, 3.05) is 0 Å². The van der Waals surface area contributed by atoms with E-state index in [4.69, 9.17) is 4.74 Å². The summed E-state index contributed by atoms with van der Waals surface area (Å²) >= 11 is 0. The predicted octanol–water partition coefficient (Wildman–Crippen LogP) is 4.41. The molecule has 1 aromatic carbocycles. The summed E-state index contributed by atoms with van der Waals surface area (Å²) in [6.45, 7) is 2.26. The highest BCUT2D eigenvalue weighted by atomic mass is 16.5. The van der Waals surface area contributed by atoms with Crippen molar-refractivity contribution in [2.45, 2.75) is 70.0 Å². The van der Waals surface area contributed by atoms with Crippen LogP contribution in [0.5, 0.6) is 5.75 Å². The lowest BCUT2D eigenvalue weighted by Crippen LogP contribution is -2.24. The molecule has 0 aromatic heterocycles. The first-order valence-electron chi connectivity index (χ1n) is 8.19. The number of aliphatic hydroxyl groups is 1. The summed E-state index contributed by atoms with van der Waals surface area (Å²) in [5, 5.41) is 11.1. The van der Waals surface area contributed by atoms with Crippen molar-refractivity contribution >= 4 is 0 Å². The maximum atomic E-state index is 11.1. The standard InChI is InChI=1S/C18H26O2/c1-2-14-5-4-11-18(19,12-10-14)15-6-3-7-17(13-15)20-16-8-9-16/h3,6-7,13-14,16,19H,2,4-5,8-12H2,1H3. The highest BCUT2D eigenvalue weighted by molar-refractivity contribution is 5.33. The van der Waals surface area contributed by atoms with Gasteiger partial charge < -0.3 is 9.84 Å². The number of ether oxygens (including phenoxy) is 1. The van der Waals surface area contributed by atoms with Gasteiger partial charge in [0.2, 0.25) is 0 Å². The summed E-state index contributed by atoms with van der Waals surface area (Å²) in [5.74, 6) is 1.71. The van der Waals surface area contributed by atoms with Crippen LogP contribution in [0.4, 0.5) is 0 Å². The molecule has 3 rings (SSSR count). The summed E-state index contributed by atoms with van der Waals surface area (Å²) in [6, 6.07) is 8.15. The molecule has 2 heteroatoms. The molecular weight excluding hydrogens is 248 g/mol. The van der Waals surface area contributed by atoms with Crippen LogP contribution in [0.25, 0.3) is 0 Å². The average molecular weight is 274 g/mol.